The van der Waals surface area contributed by atoms with Crippen LogP contribution in [-0.4, -0.2) is 49.8 Å². The van der Waals surface area contributed by atoms with Crippen molar-refractivity contribution in [2.24, 2.45) is 5.41 Å². The Morgan fingerprint density at radius 2 is 2.36 bits per heavy atom. The first-order valence-corrected chi connectivity index (χ1v) is 8.20. The van der Waals surface area contributed by atoms with Gasteiger partial charge in [0.05, 0.1) is 12.7 Å². The maximum absolute atomic E-state index is 12.7. The van der Waals surface area contributed by atoms with Crippen molar-refractivity contribution in [3.8, 4) is 0 Å². The second-order valence-electron chi connectivity index (χ2n) is 6.39. The lowest BCUT2D eigenvalue weighted by molar-refractivity contribution is -0.146. The second kappa shape index (κ2) is 6.42. The average Bonchev–Trinajstić information content (AvgIpc) is 2.98. The summed E-state index contributed by atoms with van der Waals surface area (Å²) < 4.78 is 17.2. The van der Waals surface area contributed by atoms with Crippen LogP contribution < -0.4 is 0 Å². The molecule has 2 atom stereocenters. The lowest BCUT2D eigenvalue weighted by Gasteiger charge is -2.50. The van der Waals surface area contributed by atoms with Crippen LogP contribution in [0.1, 0.15) is 42.5 Å². The number of piperidine rings is 1. The predicted octanol–water partition coefficient (Wildman–Crippen LogP) is 2.64. The van der Waals surface area contributed by atoms with Gasteiger partial charge in [-0.05, 0) is 45.2 Å². The van der Waals surface area contributed by atoms with Gasteiger partial charge in [-0.1, -0.05) is 0 Å². The Morgan fingerprint density at radius 1 is 1.50 bits per heavy atom. The summed E-state index contributed by atoms with van der Waals surface area (Å²) in [6, 6.07) is 3.59. The highest BCUT2D eigenvalue weighted by Crippen LogP contribution is 2.40. The molecule has 22 heavy (non-hydrogen) atoms. The Labute approximate surface area is 131 Å². The summed E-state index contributed by atoms with van der Waals surface area (Å²) >= 11 is 0. The van der Waals surface area contributed by atoms with Gasteiger partial charge in [0.15, 0.2) is 5.76 Å². The third-order valence-electron chi connectivity index (χ3n) is 4.82. The summed E-state index contributed by atoms with van der Waals surface area (Å²) in [4.78, 5) is 14.6. The number of ether oxygens (including phenoxy) is 2. The van der Waals surface area contributed by atoms with Crippen molar-refractivity contribution in [1.82, 2.24) is 4.90 Å². The number of rotatable bonds is 4. The highest BCUT2D eigenvalue weighted by molar-refractivity contribution is 5.91. The van der Waals surface area contributed by atoms with Gasteiger partial charge in [-0.25, -0.2) is 0 Å². The Hall–Kier alpha value is -1.33. The molecule has 5 nitrogen and oxygen atoms in total. The van der Waals surface area contributed by atoms with Gasteiger partial charge < -0.3 is 18.8 Å². The van der Waals surface area contributed by atoms with Gasteiger partial charge in [0.2, 0.25) is 0 Å². The quantitative estimate of drug-likeness (QED) is 0.858. The third kappa shape index (κ3) is 2.92. The number of fused-ring (bicyclic) bond motifs is 1. The number of hydrogen-bond donors (Lipinski definition) is 0. The number of carbonyl (C=O) groups is 1. The molecule has 2 fully saturated rings. The van der Waals surface area contributed by atoms with E-state index >= 15 is 0 Å². The largest absolute Gasteiger partial charge is 0.456 e. The van der Waals surface area contributed by atoms with E-state index in [1.54, 1.807) is 6.07 Å². The van der Waals surface area contributed by atoms with Crippen molar-refractivity contribution in [3.05, 3.63) is 23.7 Å². The van der Waals surface area contributed by atoms with E-state index in [4.69, 9.17) is 13.9 Å². The molecule has 0 spiro atoms. The fraction of sp³-hybridized carbons (Fsp3) is 0.706. The Bertz CT molecular complexity index is 526. The van der Waals surface area contributed by atoms with Crippen LogP contribution >= 0.6 is 0 Å². The molecule has 2 aliphatic rings. The average molecular weight is 307 g/mol. The van der Waals surface area contributed by atoms with Crippen LogP contribution in [0.5, 0.6) is 0 Å². The summed E-state index contributed by atoms with van der Waals surface area (Å²) in [6.07, 6.45) is 3.16. The van der Waals surface area contributed by atoms with Gasteiger partial charge in [0.1, 0.15) is 5.76 Å². The molecule has 1 aromatic heterocycles. The minimum Gasteiger partial charge on any atom is -0.456 e. The maximum Gasteiger partial charge on any atom is 0.289 e. The SMILES string of the molecule is CCOC[C@@]12CCCO[C@H]1CCN(C(=O)c1ccc(C)o1)C2. The zero-order valence-corrected chi connectivity index (χ0v) is 13.5. The van der Waals surface area contributed by atoms with Crippen LogP contribution in [0.2, 0.25) is 0 Å². The number of hydrogen-bond acceptors (Lipinski definition) is 4. The molecule has 3 heterocycles. The Morgan fingerprint density at radius 3 is 3.09 bits per heavy atom. The number of furan rings is 1. The standard InChI is InChI=1S/C17H25NO4/c1-3-20-12-17-8-4-10-21-15(17)7-9-18(11-17)16(19)14-6-5-13(2)22-14/h5-6,15H,3-4,7-12H2,1-2H3/t15-,17-/m0/s1. The van der Waals surface area contributed by atoms with E-state index in [1.165, 1.54) is 0 Å². The van der Waals surface area contributed by atoms with E-state index in [0.29, 0.717) is 25.5 Å². The van der Waals surface area contributed by atoms with E-state index in [0.717, 1.165) is 38.2 Å². The molecule has 0 bridgehead atoms. The molecule has 2 aliphatic heterocycles. The maximum atomic E-state index is 12.7. The van der Waals surface area contributed by atoms with Gasteiger partial charge in [-0.3, -0.25) is 4.79 Å². The van der Waals surface area contributed by atoms with Gasteiger partial charge in [-0.15, -0.1) is 0 Å². The summed E-state index contributed by atoms with van der Waals surface area (Å²) in [7, 11) is 0. The lowest BCUT2D eigenvalue weighted by atomic mass is 9.73. The fourth-order valence-electron chi connectivity index (χ4n) is 3.68. The summed E-state index contributed by atoms with van der Waals surface area (Å²) in [5.74, 6) is 1.18. The van der Waals surface area contributed by atoms with Crippen molar-refractivity contribution < 1.29 is 18.7 Å². The number of likely N-dealkylation sites (tertiary alicyclic amines) is 1. The Balaban J connectivity index is 1.76. The molecule has 2 saturated heterocycles. The van der Waals surface area contributed by atoms with Crippen LogP contribution in [0.15, 0.2) is 16.5 Å². The molecule has 1 amide bonds. The minimum absolute atomic E-state index is 0.0204. The number of nitrogens with zero attached hydrogens (tertiary/aromatic N) is 1. The summed E-state index contributed by atoms with van der Waals surface area (Å²) in [5, 5.41) is 0. The van der Waals surface area contributed by atoms with E-state index < -0.39 is 0 Å². The van der Waals surface area contributed by atoms with Crippen molar-refractivity contribution in [2.75, 3.05) is 32.9 Å². The minimum atomic E-state index is -0.0657. The lowest BCUT2D eigenvalue weighted by Crippen LogP contribution is -2.58. The van der Waals surface area contributed by atoms with Crippen LogP contribution in [0, 0.1) is 12.3 Å². The number of carbonyl (C=O) groups excluding carboxylic acids is 1. The van der Waals surface area contributed by atoms with Crippen molar-refractivity contribution in [3.63, 3.8) is 0 Å². The van der Waals surface area contributed by atoms with Gasteiger partial charge >= 0.3 is 0 Å². The van der Waals surface area contributed by atoms with E-state index in [-0.39, 0.29) is 17.4 Å². The Kier molecular flexibility index (Phi) is 4.54. The van der Waals surface area contributed by atoms with E-state index in [9.17, 15) is 4.79 Å². The molecule has 0 radical (unpaired) electrons. The zero-order valence-electron chi connectivity index (χ0n) is 13.5. The zero-order chi connectivity index (χ0) is 15.6. The topological polar surface area (TPSA) is 51.9 Å². The summed E-state index contributed by atoms with van der Waals surface area (Å²) in [6.45, 7) is 7.45. The van der Waals surface area contributed by atoms with Crippen molar-refractivity contribution >= 4 is 5.91 Å². The molecule has 5 heteroatoms. The third-order valence-corrected chi connectivity index (χ3v) is 4.82. The molecule has 0 aromatic carbocycles. The molecule has 0 unspecified atom stereocenters. The molecule has 3 rings (SSSR count). The highest BCUT2D eigenvalue weighted by Gasteiger charge is 2.47. The molecule has 0 saturated carbocycles. The van der Waals surface area contributed by atoms with E-state index in [1.807, 2.05) is 24.8 Å². The van der Waals surface area contributed by atoms with Crippen LogP contribution in [0.4, 0.5) is 0 Å². The normalized spacial score (nSPS) is 28.5. The second-order valence-corrected chi connectivity index (χ2v) is 6.39. The van der Waals surface area contributed by atoms with Gasteiger partial charge in [0, 0.05) is 31.7 Å². The molecular weight excluding hydrogens is 282 g/mol. The highest BCUT2D eigenvalue weighted by atomic mass is 16.5. The first kappa shape index (κ1) is 15.6. The van der Waals surface area contributed by atoms with Crippen LogP contribution in [0.25, 0.3) is 0 Å². The molecular formula is C17H25NO4. The van der Waals surface area contributed by atoms with Crippen molar-refractivity contribution in [2.45, 2.75) is 39.2 Å². The van der Waals surface area contributed by atoms with Gasteiger partial charge in [-0.2, -0.15) is 0 Å². The molecule has 1 aromatic rings. The van der Waals surface area contributed by atoms with E-state index in [2.05, 4.69) is 0 Å². The molecule has 0 N–H and O–H groups in total. The number of amides is 1. The first-order chi connectivity index (χ1) is 10.6. The van der Waals surface area contributed by atoms with Crippen molar-refractivity contribution in [1.29, 1.82) is 0 Å². The van der Waals surface area contributed by atoms with Gasteiger partial charge in [0.25, 0.3) is 5.91 Å². The molecule has 0 aliphatic carbocycles. The number of aryl methyl sites for hydroxylation is 1. The summed E-state index contributed by atoms with van der Waals surface area (Å²) in [5.41, 5.74) is -0.0657. The first-order valence-electron chi connectivity index (χ1n) is 8.20. The predicted molar refractivity (Wildman–Crippen MR) is 81.9 cm³/mol. The van der Waals surface area contributed by atoms with Crippen LogP contribution in [0.3, 0.4) is 0 Å². The fourth-order valence-corrected chi connectivity index (χ4v) is 3.68. The monoisotopic (exact) mass is 307 g/mol. The molecule has 122 valence electrons. The van der Waals surface area contributed by atoms with Crippen LogP contribution in [-0.2, 0) is 9.47 Å². The smallest absolute Gasteiger partial charge is 0.289 e.